The van der Waals surface area contributed by atoms with Gasteiger partial charge in [0, 0.05) is 43.7 Å². The third-order valence-electron chi connectivity index (χ3n) is 3.98. The molecule has 6 heteroatoms. The molecular formula is C14H23N3O2S. The van der Waals surface area contributed by atoms with E-state index in [2.05, 4.69) is 12.2 Å². The summed E-state index contributed by atoms with van der Waals surface area (Å²) in [4.78, 5) is 23.5. The maximum atomic E-state index is 11.8. The molecule has 112 valence electrons. The van der Waals surface area contributed by atoms with Gasteiger partial charge in [0.2, 0.25) is 0 Å². The summed E-state index contributed by atoms with van der Waals surface area (Å²) < 4.78 is 2.68. The molecule has 1 aromatic rings. The monoisotopic (exact) mass is 297 g/mol. The second-order valence-corrected chi connectivity index (χ2v) is 6.92. The highest BCUT2D eigenvalue weighted by atomic mass is 32.2. The Balaban J connectivity index is 1.99. The zero-order valence-corrected chi connectivity index (χ0v) is 13.2. The fraction of sp³-hybridized carbons (Fsp3) is 0.714. The van der Waals surface area contributed by atoms with Crippen molar-refractivity contribution in [2.45, 2.75) is 44.0 Å². The molecule has 0 amide bonds. The summed E-state index contributed by atoms with van der Waals surface area (Å²) in [5.74, 6) is 1.17. The Labute approximate surface area is 123 Å². The van der Waals surface area contributed by atoms with Crippen LogP contribution in [0, 0.1) is 0 Å². The highest BCUT2D eigenvalue weighted by Gasteiger charge is 2.24. The SMILES string of the molecule is CCSC1CCC(NCc2cc(=O)n(C)c(=O)n2C)C1. The molecule has 0 bridgehead atoms. The molecule has 20 heavy (non-hydrogen) atoms. The minimum Gasteiger partial charge on any atom is -0.308 e. The number of nitrogens with one attached hydrogen (secondary N) is 1. The first-order valence-electron chi connectivity index (χ1n) is 7.13. The van der Waals surface area contributed by atoms with Crippen LogP contribution < -0.4 is 16.6 Å². The fourth-order valence-corrected chi connectivity index (χ4v) is 3.85. The predicted octanol–water partition coefficient (Wildman–Crippen LogP) is 0.848. The van der Waals surface area contributed by atoms with Gasteiger partial charge in [-0.25, -0.2) is 4.79 Å². The third-order valence-corrected chi connectivity index (χ3v) is 5.22. The zero-order valence-electron chi connectivity index (χ0n) is 12.4. The van der Waals surface area contributed by atoms with Crippen LogP contribution in [0.1, 0.15) is 31.9 Å². The minimum absolute atomic E-state index is 0.240. The van der Waals surface area contributed by atoms with Crippen molar-refractivity contribution in [1.29, 1.82) is 0 Å². The lowest BCUT2D eigenvalue weighted by atomic mass is 10.2. The van der Waals surface area contributed by atoms with Crippen molar-refractivity contribution in [2.24, 2.45) is 14.1 Å². The van der Waals surface area contributed by atoms with Crippen LogP contribution in [-0.2, 0) is 20.6 Å². The first-order valence-corrected chi connectivity index (χ1v) is 8.18. The van der Waals surface area contributed by atoms with Gasteiger partial charge in [0.05, 0.1) is 0 Å². The summed E-state index contributed by atoms with van der Waals surface area (Å²) in [6.45, 7) is 2.77. The second kappa shape index (κ2) is 6.63. The quantitative estimate of drug-likeness (QED) is 0.875. The molecule has 1 aliphatic rings. The number of nitrogens with zero attached hydrogens (tertiary/aromatic N) is 2. The smallest absolute Gasteiger partial charge is 0.308 e. The second-order valence-electron chi connectivity index (χ2n) is 5.34. The first kappa shape index (κ1) is 15.4. The molecule has 1 aliphatic carbocycles. The minimum atomic E-state index is -0.264. The molecule has 5 nitrogen and oxygen atoms in total. The maximum Gasteiger partial charge on any atom is 0.330 e. The molecule has 1 saturated carbocycles. The van der Waals surface area contributed by atoms with E-state index in [-0.39, 0.29) is 11.2 Å². The van der Waals surface area contributed by atoms with Gasteiger partial charge in [0.1, 0.15) is 0 Å². The topological polar surface area (TPSA) is 56.0 Å². The van der Waals surface area contributed by atoms with Crippen LogP contribution in [0.25, 0.3) is 0 Å². The van der Waals surface area contributed by atoms with Crippen molar-refractivity contribution in [3.05, 3.63) is 32.6 Å². The zero-order chi connectivity index (χ0) is 14.7. The molecule has 2 atom stereocenters. The van der Waals surface area contributed by atoms with Gasteiger partial charge in [-0.2, -0.15) is 11.8 Å². The van der Waals surface area contributed by atoms with E-state index in [9.17, 15) is 9.59 Å². The number of thioether (sulfide) groups is 1. The number of hydrogen-bond donors (Lipinski definition) is 1. The molecule has 0 saturated heterocycles. The molecule has 0 spiro atoms. The summed E-state index contributed by atoms with van der Waals surface area (Å²) in [7, 11) is 3.22. The predicted molar refractivity (Wildman–Crippen MR) is 83.3 cm³/mol. The van der Waals surface area contributed by atoms with Crippen LogP contribution in [0.4, 0.5) is 0 Å². The molecule has 2 unspecified atom stereocenters. The molecule has 1 aromatic heterocycles. The average molecular weight is 297 g/mol. The molecule has 1 N–H and O–H groups in total. The van der Waals surface area contributed by atoms with E-state index in [0.29, 0.717) is 12.6 Å². The summed E-state index contributed by atoms with van der Waals surface area (Å²) in [6, 6.07) is 2.04. The number of hydrogen-bond acceptors (Lipinski definition) is 4. The van der Waals surface area contributed by atoms with Gasteiger partial charge >= 0.3 is 5.69 Å². The van der Waals surface area contributed by atoms with Gasteiger partial charge in [-0.1, -0.05) is 6.92 Å². The Morgan fingerprint density at radius 1 is 1.30 bits per heavy atom. The van der Waals surface area contributed by atoms with Crippen LogP contribution in [0.5, 0.6) is 0 Å². The van der Waals surface area contributed by atoms with Crippen LogP contribution in [-0.4, -0.2) is 26.2 Å². The Hall–Kier alpha value is -1.01. The van der Waals surface area contributed by atoms with Crippen LogP contribution in [0.15, 0.2) is 15.7 Å². The summed E-state index contributed by atoms with van der Waals surface area (Å²) in [5.41, 5.74) is 0.251. The fourth-order valence-electron chi connectivity index (χ4n) is 2.71. The molecule has 1 heterocycles. The van der Waals surface area contributed by atoms with E-state index in [1.807, 2.05) is 11.8 Å². The van der Waals surface area contributed by atoms with Gasteiger partial charge in [-0.15, -0.1) is 0 Å². The van der Waals surface area contributed by atoms with Crippen LogP contribution in [0.3, 0.4) is 0 Å². The molecule has 2 rings (SSSR count). The average Bonchev–Trinajstić information content (AvgIpc) is 2.87. The highest BCUT2D eigenvalue weighted by molar-refractivity contribution is 7.99. The lowest BCUT2D eigenvalue weighted by Crippen LogP contribution is -2.39. The molecule has 0 aromatic carbocycles. The van der Waals surface area contributed by atoms with Crippen molar-refractivity contribution in [2.75, 3.05) is 5.75 Å². The van der Waals surface area contributed by atoms with E-state index in [1.165, 1.54) is 32.1 Å². The lowest BCUT2D eigenvalue weighted by molar-refractivity contribution is 0.504. The summed E-state index contributed by atoms with van der Waals surface area (Å²) in [5, 5.41) is 4.23. The van der Waals surface area contributed by atoms with E-state index < -0.39 is 0 Å². The normalized spacial score (nSPS) is 22.4. The van der Waals surface area contributed by atoms with Crippen LogP contribution >= 0.6 is 11.8 Å². The Morgan fingerprint density at radius 2 is 2.05 bits per heavy atom. The maximum absolute atomic E-state index is 11.8. The van der Waals surface area contributed by atoms with Crippen molar-refractivity contribution < 1.29 is 0 Å². The third kappa shape index (κ3) is 3.35. The largest absolute Gasteiger partial charge is 0.330 e. The molecule has 0 radical (unpaired) electrons. The van der Waals surface area contributed by atoms with Crippen molar-refractivity contribution in [3.63, 3.8) is 0 Å². The molecular weight excluding hydrogens is 274 g/mol. The summed E-state index contributed by atoms with van der Waals surface area (Å²) in [6.07, 6.45) is 3.61. The first-order chi connectivity index (χ1) is 9.52. The van der Waals surface area contributed by atoms with Gasteiger partial charge < -0.3 is 5.32 Å². The molecule has 0 aliphatic heterocycles. The van der Waals surface area contributed by atoms with E-state index in [1.54, 1.807) is 17.7 Å². The van der Waals surface area contributed by atoms with E-state index in [0.717, 1.165) is 15.5 Å². The summed E-state index contributed by atoms with van der Waals surface area (Å²) >= 11 is 2.03. The van der Waals surface area contributed by atoms with E-state index in [4.69, 9.17) is 0 Å². The number of aromatic nitrogens is 2. The Morgan fingerprint density at radius 3 is 2.75 bits per heavy atom. The Kier molecular flexibility index (Phi) is 5.10. The standard InChI is InChI=1S/C14H23N3O2S/c1-4-20-12-6-5-10(7-12)15-9-11-8-13(18)17(3)14(19)16(11)2/h8,10,12,15H,4-7,9H2,1-3H3. The van der Waals surface area contributed by atoms with Gasteiger partial charge in [-0.05, 0) is 25.0 Å². The van der Waals surface area contributed by atoms with Gasteiger partial charge in [-0.3, -0.25) is 13.9 Å². The van der Waals surface area contributed by atoms with Crippen molar-refractivity contribution in [1.82, 2.24) is 14.5 Å². The van der Waals surface area contributed by atoms with Gasteiger partial charge in [0.15, 0.2) is 0 Å². The van der Waals surface area contributed by atoms with Crippen molar-refractivity contribution >= 4 is 11.8 Å². The van der Waals surface area contributed by atoms with Crippen LogP contribution in [0.2, 0.25) is 0 Å². The Bertz CT molecular complexity index is 579. The number of rotatable bonds is 5. The molecule has 1 fully saturated rings. The van der Waals surface area contributed by atoms with Gasteiger partial charge in [0.25, 0.3) is 5.56 Å². The van der Waals surface area contributed by atoms with Crippen molar-refractivity contribution in [3.8, 4) is 0 Å². The lowest BCUT2D eigenvalue weighted by Gasteiger charge is -2.15. The van der Waals surface area contributed by atoms with E-state index >= 15 is 0 Å². The highest BCUT2D eigenvalue weighted by Crippen LogP contribution is 2.29.